The summed E-state index contributed by atoms with van der Waals surface area (Å²) in [7, 11) is -3.85. The molecule has 7 heteroatoms. The molecular formula is C12H16BrFN2O2S. The van der Waals surface area contributed by atoms with Crippen molar-refractivity contribution in [3.63, 3.8) is 0 Å². The van der Waals surface area contributed by atoms with Crippen LogP contribution in [-0.2, 0) is 16.6 Å². The number of hydrogen-bond donors (Lipinski definition) is 2. The fraction of sp³-hybridized carbons (Fsp3) is 0.500. The zero-order valence-electron chi connectivity index (χ0n) is 10.5. The maximum absolute atomic E-state index is 14.1. The smallest absolute Gasteiger partial charge is 0.243 e. The average Bonchev–Trinajstić information content (AvgIpc) is 3.08. The van der Waals surface area contributed by atoms with Gasteiger partial charge in [0.2, 0.25) is 10.0 Å². The van der Waals surface area contributed by atoms with Crippen molar-refractivity contribution in [2.75, 3.05) is 6.54 Å². The van der Waals surface area contributed by atoms with Crippen LogP contribution in [0.15, 0.2) is 21.5 Å². The predicted octanol–water partition coefficient (Wildman–Crippen LogP) is 2.13. The van der Waals surface area contributed by atoms with Gasteiger partial charge in [-0.1, -0.05) is 22.9 Å². The van der Waals surface area contributed by atoms with Crippen molar-refractivity contribution >= 4 is 26.0 Å². The van der Waals surface area contributed by atoms with Gasteiger partial charge >= 0.3 is 0 Å². The van der Waals surface area contributed by atoms with Gasteiger partial charge in [-0.2, -0.15) is 0 Å². The summed E-state index contributed by atoms with van der Waals surface area (Å²) >= 11 is 3.17. The van der Waals surface area contributed by atoms with Gasteiger partial charge < -0.3 is 5.73 Å². The summed E-state index contributed by atoms with van der Waals surface area (Å²) in [5.74, 6) is -0.779. The van der Waals surface area contributed by atoms with Crippen molar-refractivity contribution in [2.24, 2.45) is 11.1 Å². The lowest BCUT2D eigenvalue weighted by Crippen LogP contribution is -2.30. The molecule has 4 nitrogen and oxygen atoms in total. The van der Waals surface area contributed by atoms with Gasteiger partial charge in [0.25, 0.3) is 0 Å². The predicted molar refractivity (Wildman–Crippen MR) is 74.5 cm³/mol. The summed E-state index contributed by atoms with van der Waals surface area (Å²) in [6.07, 6.45) is 1.98. The molecule has 1 aromatic carbocycles. The largest absolute Gasteiger partial charge is 0.326 e. The number of nitrogens with one attached hydrogen (secondary N) is 1. The number of sulfonamides is 1. The maximum atomic E-state index is 14.1. The lowest BCUT2D eigenvalue weighted by molar-refractivity contribution is 0.520. The van der Waals surface area contributed by atoms with E-state index in [1.807, 2.05) is 6.92 Å². The molecule has 0 amide bonds. The van der Waals surface area contributed by atoms with Crippen LogP contribution >= 0.6 is 15.9 Å². The quantitative estimate of drug-likeness (QED) is 0.854. The van der Waals surface area contributed by atoms with E-state index in [0.717, 1.165) is 12.8 Å². The highest BCUT2D eigenvalue weighted by atomic mass is 79.9. The van der Waals surface area contributed by atoms with Crippen LogP contribution in [0, 0.1) is 11.2 Å². The summed E-state index contributed by atoms with van der Waals surface area (Å²) in [6, 6.07) is 2.74. The van der Waals surface area contributed by atoms with E-state index in [0.29, 0.717) is 11.0 Å². The van der Waals surface area contributed by atoms with Crippen molar-refractivity contribution in [2.45, 2.75) is 31.2 Å². The third kappa shape index (κ3) is 3.34. The maximum Gasteiger partial charge on any atom is 0.243 e. The van der Waals surface area contributed by atoms with Gasteiger partial charge in [0.15, 0.2) is 0 Å². The number of benzene rings is 1. The Morgan fingerprint density at radius 3 is 2.63 bits per heavy atom. The molecule has 0 bridgehead atoms. The Morgan fingerprint density at radius 2 is 2.11 bits per heavy atom. The van der Waals surface area contributed by atoms with Gasteiger partial charge in [0.05, 0.1) is 0 Å². The van der Waals surface area contributed by atoms with Gasteiger partial charge in [-0.05, 0) is 30.4 Å². The molecule has 1 fully saturated rings. The van der Waals surface area contributed by atoms with E-state index < -0.39 is 15.8 Å². The Morgan fingerprint density at radius 1 is 1.47 bits per heavy atom. The van der Waals surface area contributed by atoms with Crippen LogP contribution in [0.4, 0.5) is 4.39 Å². The van der Waals surface area contributed by atoms with E-state index in [1.54, 1.807) is 0 Å². The molecule has 0 saturated heterocycles. The van der Waals surface area contributed by atoms with Crippen molar-refractivity contribution in [3.05, 3.63) is 28.0 Å². The van der Waals surface area contributed by atoms with Crippen LogP contribution in [0.3, 0.4) is 0 Å². The van der Waals surface area contributed by atoms with E-state index >= 15 is 0 Å². The summed E-state index contributed by atoms with van der Waals surface area (Å²) in [5, 5.41) is 0. The Kier molecular flexibility index (Phi) is 4.02. The van der Waals surface area contributed by atoms with Crippen LogP contribution in [0.2, 0.25) is 0 Å². The lowest BCUT2D eigenvalue weighted by atomic mass is 10.2. The second-order valence-corrected chi connectivity index (χ2v) is 7.87. The standard InChI is InChI=1S/C12H16BrFN2O2S/c1-12(2-3-12)7-16-19(17,18)10-5-9(13)4-8(6-15)11(10)14/h4-5,16H,2-3,6-7,15H2,1H3. The van der Waals surface area contributed by atoms with Crippen molar-refractivity contribution in [3.8, 4) is 0 Å². The molecule has 2 rings (SSSR count). The SMILES string of the molecule is CC1(CNS(=O)(=O)c2cc(Br)cc(CN)c2F)CC1. The summed E-state index contributed by atoms with van der Waals surface area (Å²) < 4.78 is 41.3. The van der Waals surface area contributed by atoms with E-state index in [-0.39, 0.29) is 22.4 Å². The third-order valence-corrected chi connectivity index (χ3v) is 5.24. The molecule has 0 aliphatic heterocycles. The fourth-order valence-corrected chi connectivity index (χ4v) is 3.70. The zero-order chi connectivity index (χ0) is 14.3. The highest BCUT2D eigenvalue weighted by Crippen LogP contribution is 2.44. The number of nitrogens with two attached hydrogens (primary N) is 1. The third-order valence-electron chi connectivity index (χ3n) is 3.38. The topological polar surface area (TPSA) is 72.2 Å². The lowest BCUT2D eigenvalue weighted by Gasteiger charge is -2.13. The monoisotopic (exact) mass is 350 g/mol. The molecule has 0 heterocycles. The van der Waals surface area contributed by atoms with E-state index in [2.05, 4.69) is 20.7 Å². The molecular weight excluding hydrogens is 335 g/mol. The minimum Gasteiger partial charge on any atom is -0.326 e. The normalized spacial score (nSPS) is 17.5. The van der Waals surface area contributed by atoms with Gasteiger partial charge in [-0.3, -0.25) is 0 Å². The summed E-state index contributed by atoms with van der Waals surface area (Å²) in [5.41, 5.74) is 5.60. The van der Waals surface area contributed by atoms with Crippen LogP contribution in [0.25, 0.3) is 0 Å². The van der Waals surface area contributed by atoms with Crippen molar-refractivity contribution in [1.29, 1.82) is 0 Å². The number of rotatable bonds is 5. The zero-order valence-corrected chi connectivity index (χ0v) is 12.9. The van der Waals surface area contributed by atoms with E-state index in [9.17, 15) is 12.8 Å². The number of halogens is 2. The first-order valence-corrected chi connectivity index (χ1v) is 8.23. The second kappa shape index (κ2) is 5.12. The van der Waals surface area contributed by atoms with Crippen LogP contribution in [-0.4, -0.2) is 15.0 Å². The van der Waals surface area contributed by atoms with Crippen molar-refractivity contribution < 1.29 is 12.8 Å². The van der Waals surface area contributed by atoms with E-state index in [1.165, 1.54) is 12.1 Å². The first-order valence-electron chi connectivity index (χ1n) is 5.95. The first-order chi connectivity index (χ1) is 8.77. The van der Waals surface area contributed by atoms with Gasteiger partial charge in [0, 0.05) is 23.1 Å². The van der Waals surface area contributed by atoms with Gasteiger partial charge in [0.1, 0.15) is 10.7 Å². The summed E-state index contributed by atoms with van der Waals surface area (Å²) in [4.78, 5) is -0.355. The highest BCUT2D eigenvalue weighted by Gasteiger charge is 2.38. The second-order valence-electron chi connectivity index (χ2n) is 5.22. The minimum atomic E-state index is -3.85. The molecule has 0 spiro atoms. The van der Waals surface area contributed by atoms with E-state index in [4.69, 9.17) is 5.73 Å². The molecule has 0 atom stereocenters. The molecule has 1 aromatic rings. The molecule has 0 aromatic heterocycles. The van der Waals surface area contributed by atoms with Crippen molar-refractivity contribution in [1.82, 2.24) is 4.72 Å². The molecule has 1 aliphatic carbocycles. The molecule has 3 N–H and O–H groups in total. The Labute approximate surface area is 120 Å². The highest BCUT2D eigenvalue weighted by molar-refractivity contribution is 9.10. The first kappa shape index (κ1) is 14.9. The molecule has 0 unspecified atom stereocenters. The molecule has 0 radical (unpaired) electrons. The van der Waals surface area contributed by atoms with Gasteiger partial charge in [-0.15, -0.1) is 0 Å². The van der Waals surface area contributed by atoms with Crippen LogP contribution < -0.4 is 10.5 Å². The van der Waals surface area contributed by atoms with Crippen LogP contribution in [0.1, 0.15) is 25.3 Å². The Hall–Kier alpha value is -0.500. The number of hydrogen-bond acceptors (Lipinski definition) is 3. The van der Waals surface area contributed by atoms with Gasteiger partial charge in [-0.25, -0.2) is 17.5 Å². The molecule has 106 valence electrons. The van der Waals surface area contributed by atoms with Crippen LogP contribution in [0.5, 0.6) is 0 Å². The Balaban J connectivity index is 2.31. The Bertz CT molecular complexity index is 600. The molecule has 1 aliphatic rings. The minimum absolute atomic E-state index is 0.0201. The molecule has 1 saturated carbocycles. The average molecular weight is 351 g/mol. The molecule has 19 heavy (non-hydrogen) atoms. The summed E-state index contributed by atoms with van der Waals surface area (Å²) in [6.45, 7) is 2.28. The fourth-order valence-electron chi connectivity index (χ4n) is 1.70.